The van der Waals surface area contributed by atoms with E-state index in [4.69, 9.17) is 15.0 Å². The van der Waals surface area contributed by atoms with Crippen LogP contribution in [0.5, 0.6) is 0 Å². The number of benzene rings is 9. The molecule has 0 aliphatic rings. The largest absolute Gasteiger partial charge is 0.278 e. The molecule has 0 fully saturated rings. The summed E-state index contributed by atoms with van der Waals surface area (Å²) >= 11 is 0. The molecule has 0 aliphatic heterocycles. The van der Waals surface area contributed by atoms with Crippen LogP contribution >= 0.6 is 0 Å². The van der Waals surface area contributed by atoms with Crippen LogP contribution in [0.1, 0.15) is 0 Å². The van der Waals surface area contributed by atoms with Gasteiger partial charge in [-0.1, -0.05) is 194 Å². The molecule has 12 aromatic rings. The van der Waals surface area contributed by atoms with E-state index in [1.807, 2.05) is 0 Å². The predicted molar refractivity (Wildman–Crippen MR) is 256 cm³/mol. The Morgan fingerprint density at radius 1 is 0.226 bits per heavy atom. The highest BCUT2D eigenvalue weighted by Gasteiger charge is 2.21. The van der Waals surface area contributed by atoms with Crippen LogP contribution in [0, 0.1) is 0 Å². The van der Waals surface area contributed by atoms with Crippen molar-refractivity contribution < 1.29 is 0 Å². The Morgan fingerprint density at radius 2 is 0.565 bits per heavy atom. The molecule has 0 spiro atoms. The topological polar surface area (TPSA) is 48.5 Å². The Hall–Kier alpha value is -8.41. The highest BCUT2D eigenvalue weighted by atomic mass is 15.3. The van der Waals surface area contributed by atoms with Crippen LogP contribution in [0.4, 0.5) is 0 Å². The Balaban J connectivity index is 0.997. The molecule has 0 radical (unpaired) electrons. The third kappa shape index (κ3) is 6.06. The molecule has 62 heavy (non-hydrogen) atoms. The number of fused-ring (bicyclic) bond motifs is 6. The van der Waals surface area contributed by atoms with Gasteiger partial charge in [0.25, 0.3) is 0 Å². The summed E-state index contributed by atoms with van der Waals surface area (Å²) in [6.45, 7) is 0. The van der Waals surface area contributed by atoms with Crippen LogP contribution in [0.15, 0.2) is 224 Å². The molecule has 0 saturated carbocycles. The Labute approximate surface area is 358 Å². The lowest BCUT2D eigenvalue weighted by molar-refractivity contribution is 0.893. The molecule has 9 aromatic carbocycles. The van der Waals surface area contributed by atoms with Crippen molar-refractivity contribution in [3.05, 3.63) is 224 Å². The molecular weight excluding hydrogens is 755 g/mol. The summed E-state index contributed by atoms with van der Waals surface area (Å²) < 4.78 is 4.37. The highest BCUT2D eigenvalue weighted by Crippen LogP contribution is 2.37. The van der Waals surface area contributed by atoms with Crippen LogP contribution in [0.3, 0.4) is 0 Å². The summed E-state index contributed by atoms with van der Waals surface area (Å²) in [6.07, 6.45) is 0. The lowest BCUT2D eigenvalue weighted by atomic mass is 9.97. The SMILES string of the molecule is c1ccc(-c2cccc(-c3ccc(-c4ccc(-c5nc(-n6c7ccccc7c7ccccc76)nc(-n6c7ccccc7c7ccc(-c8ccccc8)cc76)n5)cc4)cc3)c2)cc1. The van der Waals surface area contributed by atoms with Gasteiger partial charge in [0.2, 0.25) is 11.9 Å². The van der Waals surface area contributed by atoms with Crippen molar-refractivity contribution in [2.45, 2.75) is 0 Å². The predicted octanol–water partition coefficient (Wildman–Crippen LogP) is 14.4. The third-order valence-electron chi connectivity index (χ3n) is 12.0. The van der Waals surface area contributed by atoms with Gasteiger partial charge in [0.05, 0.1) is 22.1 Å². The number of nitrogens with zero attached hydrogens (tertiary/aromatic N) is 5. The summed E-state index contributed by atoms with van der Waals surface area (Å²) in [5.74, 6) is 1.71. The second-order valence-corrected chi connectivity index (χ2v) is 15.7. The first-order valence-electron chi connectivity index (χ1n) is 20.9. The molecule has 12 rings (SSSR count). The molecular formula is C57H37N5. The number of rotatable bonds is 7. The van der Waals surface area contributed by atoms with Gasteiger partial charge in [-0.2, -0.15) is 15.0 Å². The first kappa shape index (κ1) is 35.5. The van der Waals surface area contributed by atoms with Crippen LogP contribution < -0.4 is 0 Å². The van der Waals surface area contributed by atoms with Gasteiger partial charge in [0, 0.05) is 27.1 Å². The minimum absolute atomic E-state index is 0.555. The molecule has 3 heterocycles. The maximum Gasteiger partial charge on any atom is 0.240 e. The lowest BCUT2D eigenvalue weighted by Gasteiger charge is -2.13. The zero-order valence-electron chi connectivity index (χ0n) is 33.6. The number of para-hydroxylation sites is 3. The molecule has 0 N–H and O–H groups in total. The van der Waals surface area contributed by atoms with E-state index in [0.29, 0.717) is 17.7 Å². The monoisotopic (exact) mass is 791 g/mol. The molecule has 0 saturated heterocycles. The van der Waals surface area contributed by atoms with E-state index in [0.717, 1.165) is 71.4 Å². The van der Waals surface area contributed by atoms with E-state index in [-0.39, 0.29) is 0 Å². The number of hydrogen-bond acceptors (Lipinski definition) is 3. The van der Waals surface area contributed by atoms with Gasteiger partial charge < -0.3 is 0 Å². The first-order valence-corrected chi connectivity index (χ1v) is 20.9. The smallest absolute Gasteiger partial charge is 0.240 e. The standard InChI is InChI=1S/C57H37N5/c1-3-14-38(15-4-1)44-18-13-19-45(36-44)42-28-26-40(27-29-42)41-30-32-43(33-31-41)55-58-56(61-51-23-10-7-20-47(51)48-21-8-11-24-52(48)61)60-57(59-55)62-53-25-12-9-22-49(53)50-35-34-46(37-54(50)62)39-16-5-2-6-17-39/h1-37H. The van der Waals surface area contributed by atoms with Gasteiger partial charge >= 0.3 is 0 Å². The second kappa shape index (κ2) is 14.7. The zero-order chi connectivity index (χ0) is 41.0. The van der Waals surface area contributed by atoms with Crippen molar-refractivity contribution >= 4 is 43.6 Å². The summed E-state index contributed by atoms with van der Waals surface area (Å²) in [5, 5.41) is 4.58. The van der Waals surface area contributed by atoms with Crippen molar-refractivity contribution in [3.63, 3.8) is 0 Å². The number of hydrogen-bond donors (Lipinski definition) is 0. The Morgan fingerprint density at radius 3 is 1.06 bits per heavy atom. The average Bonchev–Trinajstić information content (AvgIpc) is 3.87. The van der Waals surface area contributed by atoms with Crippen molar-refractivity contribution in [1.82, 2.24) is 24.1 Å². The molecule has 5 nitrogen and oxygen atoms in total. The number of aromatic nitrogens is 5. The van der Waals surface area contributed by atoms with E-state index in [9.17, 15) is 0 Å². The Kier molecular flexibility index (Phi) is 8.42. The average molecular weight is 792 g/mol. The fraction of sp³-hybridized carbons (Fsp3) is 0. The molecule has 0 bridgehead atoms. The van der Waals surface area contributed by atoms with Crippen molar-refractivity contribution in [1.29, 1.82) is 0 Å². The van der Waals surface area contributed by atoms with E-state index in [2.05, 4.69) is 234 Å². The molecule has 0 aliphatic carbocycles. The quantitative estimate of drug-likeness (QED) is 0.162. The van der Waals surface area contributed by atoms with Gasteiger partial charge in [-0.05, 0) is 74.8 Å². The van der Waals surface area contributed by atoms with Crippen LogP contribution in [0.25, 0.3) is 111 Å². The van der Waals surface area contributed by atoms with E-state index < -0.39 is 0 Å². The van der Waals surface area contributed by atoms with E-state index >= 15 is 0 Å². The van der Waals surface area contributed by atoms with Crippen molar-refractivity contribution in [3.8, 4) is 67.8 Å². The molecule has 3 aromatic heterocycles. The summed E-state index contributed by atoms with van der Waals surface area (Å²) in [4.78, 5) is 16.0. The van der Waals surface area contributed by atoms with Crippen molar-refractivity contribution in [2.24, 2.45) is 0 Å². The molecule has 0 amide bonds. The highest BCUT2D eigenvalue weighted by molar-refractivity contribution is 6.10. The molecule has 290 valence electrons. The van der Waals surface area contributed by atoms with Crippen LogP contribution in [-0.4, -0.2) is 24.1 Å². The lowest BCUT2D eigenvalue weighted by Crippen LogP contribution is -2.10. The first-order chi connectivity index (χ1) is 30.7. The summed E-state index contributed by atoms with van der Waals surface area (Å²) in [7, 11) is 0. The van der Waals surface area contributed by atoms with Gasteiger partial charge in [0.15, 0.2) is 5.82 Å². The fourth-order valence-electron chi connectivity index (χ4n) is 8.99. The molecule has 0 unspecified atom stereocenters. The maximum atomic E-state index is 5.37. The third-order valence-corrected chi connectivity index (χ3v) is 12.0. The maximum absolute atomic E-state index is 5.37. The van der Waals surface area contributed by atoms with E-state index in [1.54, 1.807) is 0 Å². The fourth-order valence-corrected chi connectivity index (χ4v) is 8.99. The van der Waals surface area contributed by atoms with E-state index in [1.165, 1.54) is 22.3 Å². The summed E-state index contributed by atoms with van der Waals surface area (Å²) in [5.41, 5.74) is 14.4. The van der Waals surface area contributed by atoms with Crippen LogP contribution in [0.2, 0.25) is 0 Å². The minimum Gasteiger partial charge on any atom is -0.278 e. The van der Waals surface area contributed by atoms with Gasteiger partial charge in [0.1, 0.15) is 0 Å². The molecule has 0 atom stereocenters. The van der Waals surface area contributed by atoms with Crippen molar-refractivity contribution in [2.75, 3.05) is 0 Å². The second-order valence-electron chi connectivity index (χ2n) is 15.7. The van der Waals surface area contributed by atoms with Gasteiger partial charge in [-0.3, -0.25) is 9.13 Å². The zero-order valence-corrected chi connectivity index (χ0v) is 33.6. The van der Waals surface area contributed by atoms with Gasteiger partial charge in [-0.15, -0.1) is 0 Å². The normalized spacial score (nSPS) is 11.5. The minimum atomic E-state index is 0.555. The molecule has 5 heteroatoms. The van der Waals surface area contributed by atoms with Gasteiger partial charge in [-0.25, -0.2) is 0 Å². The van der Waals surface area contributed by atoms with Crippen LogP contribution in [-0.2, 0) is 0 Å². The summed E-state index contributed by atoms with van der Waals surface area (Å²) in [6, 6.07) is 79.3. The Bertz CT molecular complexity index is 3550.